The number of nitrogens with zero attached hydrogens (tertiary/aromatic N) is 1. The number of likely N-dealkylation sites (tertiary alicyclic amines) is 1. The summed E-state index contributed by atoms with van der Waals surface area (Å²) in [5, 5.41) is 3.17. The van der Waals surface area contributed by atoms with E-state index in [0.29, 0.717) is 12.6 Å². The van der Waals surface area contributed by atoms with Gasteiger partial charge in [-0.25, -0.2) is 0 Å². The average Bonchev–Trinajstić information content (AvgIpc) is 3.25. The maximum atomic E-state index is 12.6. The minimum atomic E-state index is -0.300. The SMILES string of the molecule is CC(=O)N1CCC2(CC1)OCCc1cc(C(=O)NC3CCSC3)sc12. The van der Waals surface area contributed by atoms with Crippen molar-refractivity contribution in [3.63, 3.8) is 0 Å². The predicted molar refractivity (Wildman–Crippen MR) is 100 cm³/mol. The van der Waals surface area contributed by atoms with Crippen molar-refractivity contribution in [1.29, 1.82) is 0 Å². The van der Waals surface area contributed by atoms with Gasteiger partial charge in [-0.15, -0.1) is 11.3 Å². The Morgan fingerprint density at radius 3 is 2.84 bits per heavy atom. The van der Waals surface area contributed by atoms with Crippen LogP contribution in [0.1, 0.15) is 46.3 Å². The fourth-order valence-corrected chi connectivity index (χ4v) is 6.46. The van der Waals surface area contributed by atoms with E-state index >= 15 is 0 Å². The third-order valence-electron chi connectivity index (χ3n) is 5.48. The van der Waals surface area contributed by atoms with Crippen LogP contribution in [-0.2, 0) is 21.6 Å². The topological polar surface area (TPSA) is 58.6 Å². The van der Waals surface area contributed by atoms with Crippen molar-refractivity contribution in [2.75, 3.05) is 31.2 Å². The van der Waals surface area contributed by atoms with E-state index in [1.807, 2.05) is 16.7 Å². The van der Waals surface area contributed by atoms with Crippen molar-refractivity contribution in [2.24, 2.45) is 0 Å². The van der Waals surface area contributed by atoms with Crippen molar-refractivity contribution in [1.82, 2.24) is 10.2 Å². The lowest BCUT2D eigenvalue weighted by Crippen LogP contribution is -2.47. The molecule has 0 bridgehead atoms. The van der Waals surface area contributed by atoms with Gasteiger partial charge in [-0.2, -0.15) is 11.8 Å². The lowest BCUT2D eigenvalue weighted by atomic mass is 9.85. The highest BCUT2D eigenvalue weighted by atomic mass is 32.2. The molecule has 5 nitrogen and oxygen atoms in total. The summed E-state index contributed by atoms with van der Waals surface area (Å²) < 4.78 is 6.22. The molecule has 136 valence electrons. The van der Waals surface area contributed by atoms with Gasteiger partial charge in [0.1, 0.15) is 5.60 Å². The van der Waals surface area contributed by atoms with Gasteiger partial charge in [0.2, 0.25) is 5.91 Å². The number of amides is 2. The molecular formula is C18H24N2O3S2. The second kappa shape index (κ2) is 6.93. The van der Waals surface area contributed by atoms with Crippen molar-refractivity contribution in [3.8, 4) is 0 Å². The number of carbonyl (C=O) groups is 2. The highest BCUT2D eigenvalue weighted by molar-refractivity contribution is 7.99. The van der Waals surface area contributed by atoms with Crippen molar-refractivity contribution < 1.29 is 14.3 Å². The summed E-state index contributed by atoms with van der Waals surface area (Å²) in [5.74, 6) is 2.34. The Labute approximate surface area is 156 Å². The van der Waals surface area contributed by atoms with E-state index in [1.165, 1.54) is 10.4 Å². The Hall–Kier alpha value is -1.05. The van der Waals surface area contributed by atoms with Gasteiger partial charge in [0.05, 0.1) is 11.5 Å². The van der Waals surface area contributed by atoms with Gasteiger partial charge in [-0.3, -0.25) is 9.59 Å². The summed E-state index contributed by atoms with van der Waals surface area (Å²) in [6, 6.07) is 2.37. The normalized spacial score (nSPS) is 25.0. The minimum absolute atomic E-state index is 0.0585. The number of hydrogen-bond donors (Lipinski definition) is 1. The number of carbonyl (C=O) groups excluding carboxylic acids is 2. The molecule has 1 aromatic heterocycles. The van der Waals surface area contributed by atoms with Gasteiger partial charge < -0.3 is 15.0 Å². The summed E-state index contributed by atoms with van der Waals surface area (Å²) in [5.41, 5.74) is 0.963. The summed E-state index contributed by atoms with van der Waals surface area (Å²) in [4.78, 5) is 28.1. The molecule has 1 aromatic rings. The molecule has 4 rings (SSSR count). The Balaban J connectivity index is 1.53. The van der Waals surface area contributed by atoms with Crippen LogP contribution in [0, 0.1) is 0 Å². The maximum Gasteiger partial charge on any atom is 0.261 e. The standard InChI is InChI=1S/C18H24N2O3S2/c1-12(21)20-6-4-18(5-7-20)16-13(2-8-23-18)10-15(25-16)17(22)19-14-3-9-24-11-14/h10,14H,2-9,11H2,1H3,(H,19,22). The fraction of sp³-hybridized carbons (Fsp3) is 0.667. The number of fused-ring (bicyclic) bond motifs is 2. The number of rotatable bonds is 2. The number of hydrogen-bond acceptors (Lipinski definition) is 5. The predicted octanol–water partition coefficient (Wildman–Crippen LogP) is 2.39. The van der Waals surface area contributed by atoms with Gasteiger partial charge in [0, 0.05) is 36.7 Å². The summed E-state index contributed by atoms with van der Waals surface area (Å²) >= 11 is 3.50. The highest BCUT2D eigenvalue weighted by Gasteiger charge is 2.43. The molecule has 0 saturated carbocycles. The first-order valence-corrected chi connectivity index (χ1v) is 11.0. The van der Waals surface area contributed by atoms with Gasteiger partial charge in [-0.05, 0) is 43.1 Å². The molecule has 0 aliphatic carbocycles. The van der Waals surface area contributed by atoms with Crippen molar-refractivity contribution >= 4 is 34.9 Å². The van der Waals surface area contributed by atoms with E-state index < -0.39 is 0 Å². The van der Waals surface area contributed by atoms with Crippen LogP contribution in [0.15, 0.2) is 6.07 Å². The molecular weight excluding hydrogens is 356 g/mol. The Kier molecular flexibility index (Phi) is 4.81. The molecule has 0 radical (unpaired) electrons. The average molecular weight is 381 g/mol. The number of piperidine rings is 1. The molecule has 1 N–H and O–H groups in total. The lowest BCUT2D eigenvalue weighted by molar-refractivity contribution is -0.138. The number of nitrogens with one attached hydrogen (secondary N) is 1. The Morgan fingerprint density at radius 2 is 2.16 bits per heavy atom. The summed E-state index contributed by atoms with van der Waals surface area (Å²) in [6.45, 7) is 3.78. The number of thioether (sulfide) groups is 1. The largest absolute Gasteiger partial charge is 0.369 e. The molecule has 7 heteroatoms. The van der Waals surface area contributed by atoms with Crippen LogP contribution >= 0.6 is 23.1 Å². The molecule has 1 spiro atoms. The highest BCUT2D eigenvalue weighted by Crippen LogP contribution is 2.45. The molecule has 25 heavy (non-hydrogen) atoms. The molecule has 0 aromatic carbocycles. The van der Waals surface area contributed by atoms with Crippen molar-refractivity contribution in [3.05, 3.63) is 21.4 Å². The molecule has 2 saturated heterocycles. The molecule has 3 aliphatic heterocycles. The van der Waals surface area contributed by atoms with Crippen LogP contribution in [0.4, 0.5) is 0 Å². The van der Waals surface area contributed by atoms with Crippen LogP contribution in [0.5, 0.6) is 0 Å². The Morgan fingerprint density at radius 1 is 1.36 bits per heavy atom. The van der Waals surface area contributed by atoms with Crippen LogP contribution in [-0.4, -0.2) is 54.0 Å². The van der Waals surface area contributed by atoms with Crippen LogP contribution < -0.4 is 5.32 Å². The number of ether oxygens (including phenoxy) is 1. The minimum Gasteiger partial charge on any atom is -0.369 e. The van der Waals surface area contributed by atoms with E-state index in [9.17, 15) is 9.59 Å². The van der Waals surface area contributed by atoms with Gasteiger partial charge >= 0.3 is 0 Å². The van der Waals surface area contributed by atoms with Gasteiger partial charge in [0.25, 0.3) is 5.91 Å². The number of thiophene rings is 1. The first kappa shape index (κ1) is 17.4. The quantitative estimate of drug-likeness (QED) is 0.856. The first-order valence-electron chi connectivity index (χ1n) is 8.99. The fourth-order valence-electron chi connectivity index (χ4n) is 3.99. The molecule has 3 aliphatic rings. The van der Waals surface area contributed by atoms with Gasteiger partial charge in [0.15, 0.2) is 0 Å². The maximum absolute atomic E-state index is 12.6. The van der Waals surface area contributed by atoms with Crippen LogP contribution in [0.3, 0.4) is 0 Å². The summed E-state index contributed by atoms with van der Waals surface area (Å²) in [6.07, 6.45) is 3.58. The van der Waals surface area contributed by atoms with Crippen LogP contribution in [0.2, 0.25) is 0 Å². The lowest BCUT2D eigenvalue weighted by Gasteiger charge is -2.43. The third kappa shape index (κ3) is 3.34. The second-order valence-corrected chi connectivity index (χ2v) is 9.30. The molecule has 2 fully saturated rings. The van der Waals surface area contributed by atoms with E-state index in [4.69, 9.17) is 4.74 Å². The van der Waals surface area contributed by atoms with Crippen molar-refractivity contribution in [2.45, 2.75) is 44.2 Å². The molecule has 4 heterocycles. The third-order valence-corrected chi connectivity index (χ3v) is 8.00. The summed E-state index contributed by atoms with van der Waals surface area (Å²) in [7, 11) is 0. The van der Waals surface area contributed by atoms with Gasteiger partial charge in [-0.1, -0.05) is 0 Å². The van der Waals surface area contributed by atoms with Crippen LogP contribution in [0.25, 0.3) is 0 Å². The zero-order valence-electron chi connectivity index (χ0n) is 14.5. The zero-order chi connectivity index (χ0) is 17.4. The van der Waals surface area contributed by atoms with E-state index in [-0.39, 0.29) is 17.4 Å². The molecule has 2 amide bonds. The molecule has 1 unspecified atom stereocenters. The smallest absolute Gasteiger partial charge is 0.261 e. The van der Waals surface area contributed by atoms with E-state index in [1.54, 1.807) is 18.3 Å². The first-order chi connectivity index (χ1) is 12.1. The zero-order valence-corrected chi connectivity index (χ0v) is 16.1. The molecule has 1 atom stereocenters. The Bertz CT molecular complexity index is 674. The van der Waals surface area contributed by atoms with E-state index in [0.717, 1.165) is 55.2 Å². The monoisotopic (exact) mass is 380 g/mol. The second-order valence-electron chi connectivity index (χ2n) is 7.10. The van der Waals surface area contributed by atoms with E-state index in [2.05, 4.69) is 11.4 Å².